The Morgan fingerprint density at radius 3 is 2.66 bits per heavy atom. The Bertz CT molecular complexity index is 649. The molecule has 0 radical (unpaired) electrons. The van der Waals surface area contributed by atoms with Crippen LogP contribution in [0.1, 0.15) is 26.2 Å². The highest BCUT2D eigenvalue weighted by atomic mass is 16.5. The first-order valence-corrected chi connectivity index (χ1v) is 10.7. The highest BCUT2D eigenvalue weighted by Gasteiger charge is 2.29. The number of nitrogens with zero attached hydrogens (tertiary/aromatic N) is 3. The van der Waals surface area contributed by atoms with Gasteiger partial charge in [-0.05, 0) is 31.4 Å². The number of likely N-dealkylation sites (tertiary alicyclic amines) is 1. The van der Waals surface area contributed by atoms with Crippen LogP contribution in [0.4, 0.5) is 0 Å². The molecule has 2 saturated heterocycles. The van der Waals surface area contributed by atoms with E-state index in [9.17, 15) is 9.59 Å². The van der Waals surface area contributed by atoms with Crippen LogP contribution in [0.2, 0.25) is 0 Å². The van der Waals surface area contributed by atoms with Crippen LogP contribution in [0.5, 0.6) is 5.75 Å². The van der Waals surface area contributed by atoms with Crippen LogP contribution in [-0.4, -0.2) is 91.6 Å². The lowest BCUT2D eigenvalue weighted by Crippen LogP contribution is -2.52. The molecule has 0 aliphatic carbocycles. The van der Waals surface area contributed by atoms with Gasteiger partial charge in [-0.1, -0.05) is 18.2 Å². The Morgan fingerprint density at radius 2 is 1.93 bits per heavy atom. The van der Waals surface area contributed by atoms with E-state index in [1.807, 2.05) is 40.1 Å². The Labute approximate surface area is 173 Å². The predicted octanol–water partition coefficient (Wildman–Crippen LogP) is 1.63. The van der Waals surface area contributed by atoms with E-state index in [4.69, 9.17) is 9.47 Å². The zero-order valence-electron chi connectivity index (χ0n) is 17.4. The van der Waals surface area contributed by atoms with Gasteiger partial charge in [-0.3, -0.25) is 14.5 Å². The number of amides is 2. The van der Waals surface area contributed by atoms with Crippen molar-refractivity contribution in [1.29, 1.82) is 0 Å². The number of hydrogen-bond acceptors (Lipinski definition) is 5. The van der Waals surface area contributed by atoms with E-state index >= 15 is 0 Å². The highest BCUT2D eigenvalue weighted by Crippen LogP contribution is 2.18. The largest absolute Gasteiger partial charge is 0.484 e. The van der Waals surface area contributed by atoms with Gasteiger partial charge >= 0.3 is 0 Å². The minimum Gasteiger partial charge on any atom is -0.484 e. The second kappa shape index (κ2) is 11.2. The third-order valence-corrected chi connectivity index (χ3v) is 5.68. The fraction of sp³-hybridized carbons (Fsp3) is 0.636. The van der Waals surface area contributed by atoms with E-state index < -0.39 is 0 Å². The maximum absolute atomic E-state index is 12.6. The lowest BCUT2D eigenvalue weighted by atomic mass is 10.0. The molecule has 1 aromatic rings. The molecule has 1 unspecified atom stereocenters. The smallest absolute Gasteiger partial charge is 0.260 e. The summed E-state index contributed by atoms with van der Waals surface area (Å²) in [5, 5.41) is 0. The molecule has 7 nitrogen and oxygen atoms in total. The van der Waals surface area contributed by atoms with E-state index in [1.54, 1.807) is 6.92 Å². The van der Waals surface area contributed by atoms with E-state index in [0.29, 0.717) is 12.3 Å². The zero-order valence-corrected chi connectivity index (χ0v) is 17.4. The van der Waals surface area contributed by atoms with Crippen LogP contribution in [0, 0.1) is 0 Å². The van der Waals surface area contributed by atoms with Crippen molar-refractivity contribution in [3.63, 3.8) is 0 Å². The van der Waals surface area contributed by atoms with Crippen LogP contribution in [-0.2, 0) is 14.3 Å². The number of piperidine rings is 1. The van der Waals surface area contributed by atoms with Gasteiger partial charge in [0.15, 0.2) is 6.61 Å². The molecule has 1 atom stereocenters. The van der Waals surface area contributed by atoms with Gasteiger partial charge in [0.2, 0.25) is 5.91 Å². The minimum atomic E-state index is -0.0182. The van der Waals surface area contributed by atoms with Gasteiger partial charge in [-0.15, -0.1) is 0 Å². The standard InChI is InChI=1S/C22H33N3O4/c1-19(26)25(12-6-10-23-13-15-28-16-14-23)20-7-5-11-24(17-20)22(27)18-29-21-8-3-2-4-9-21/h2-4,8-9,20H,5-7,10-18H2,1H3. The normalized spacial score (nSPS) is 20.3. The number of benzene rings is 1. The number of morpholine rings is 1. The highest BCUT2D eigenvalue weighted by molar-refractivity contribution is 5.78. The molecule has 2 aliphatic rings. The fourth-order valence-corrected chi connectivity index (χ4v) is 4.08. The molecule has 2 fully saturated rings. The lowest BCUT2D eigenvalue weighted by Gasteiger charge is -2.39. The van der Waals surface area contributed by atoms with Crippen LogP contribution in [0.15, 0.2) is 30.3 Å². The van der Waals surface area contributed by atoms with E-state index in [1.165, 1.54) is 0 Å². The van der Waals surface area contributed by atoms with E-state index in [2.05, 4.69) is 4.90 Å². The maximum atomic E-state index is 12.6. The number of rotatable bonds is 8. The molecule has 29 heavy (non-hydrogen) atoms. The molecule has 0 saturated carbocycles. The Hall–Kier alpha value is -2.12. The predicted molar refractivity (Wildman–Crippen MR) is 111 cm³/mol. The molecule has 2 aliphatic heterocycles. The third kappa shape index (κ3) is 6.72. The first-order chi connectivity index (χ1) is 14.1. The average molecular weight is 404 g/mol. The molecule has 0 aromatic heterocycles. The quantitative estimate of drug-likeness (QED) is 0.660. The summed E-state index contributed by atoms with van der Waals surface area (Å²) in [7, 11) is 0. The van der Waals surface area contributed by atoms with Gasteiger partial charge in [0, 0.05) is 52.2 Å². The molecule has 1 aromatic carbocycles. The lowest BCUT2D eigenvalue weighted by molar-refractivity contribution is -0.139. The van der Waals surface area contributed by atoms with Crippen molar-refractivity contribution in [2.75, 3.05) is 59.1 Å². The van der Waals surface area contributed by atoms with Crippen molar-refractivity contribution >= 4 is 11.8 Å². The third-order valence-electron chi connectivity index (χ3n) is 5.68. The van der Waals surface area contributed by atoms with Crippen molar-refractivity contribution in [2.24, 2.45) is 0 Å². The molecule has 0 spiro atoms. The molecule has 2 amide bonds. The summed E-state index contributed by atoms with van der Waals surface area (Å²) in [6.07, 6.45) is 2.80. The summed E-state index contributed by atoms with van der Waals surface area (Å²) in [5.41, 5.74) is 0. The summed E-state index contributed by atoms with van der Waals surface area (Å²) in [6, 6.07) is 9.47. The maximum Gasteiger partial charge on any atom is 0.260 e. The molecule has 160 valence electrons. The van der Waals surface area contributed by atoms with Crippen LogP contribution < -0.4 is 4.74 Å². The summed E-state index contributed by atoms with van der Waals surface area (Å²) >= 11 is 0. The second-order valence-corrected chi connectivity index (χ2v) is 7.76. The minimum absolute atomic E-state index is 0.0182. The molecule has 2 heterocycles. The summed E-state index contributed by atoms with van der Waals surface area (Å²) in [5.74, 6) is 0.769. The van der Waals surface area contributed by atoms with E-state index in [0.717, 1.165) is 65.2 Å². The van der Waals surface area contributed by atoms with Crippen molar-refractivity contribution in [1.82, 2.24) is 14.7 Å². The first kappa shape index (κ1) is 21.6. The Balaban J connectivity index is 1.47. The van der Waals surface area contributed by atoms with Gasteiger partial charge in [0.05, 0.1) is 13.2 Å². The monoisotopic (exact) mass is 403 g/mol. The SMILES string of the molecule is CC(=O)N(CCCN1CCOCC1)C1CCCN(C(=O)COc2ccccc2)C1. The number of hydrogen-bond donors (Lipinski definition) is 0. The number of carbonyl (C=O) groups excluding carboxylic acids is 2. The van der Waals surface area contributed by atoms with Crippen molar-refractivity contribution < 1.29 is 19.1 Å². The Morgan fingerprint density at radius 1 is 1.17 bits per heavy atom. The van der Waals surface area contributed by atoms with Gasteiger partial charge < -0.3 is 19.3 Å². The molecule has 7 heteroatoms. The molecule has 0 bridgehead atoms. The Kier molecular flexibility index (Phi) is 8.31. The molecule has 3 rings (SSSR count). The van der Waals surface area contributed by atoms with Crippen LogP contribution in [0.3, 0.4) is 0 Å². The van der Waals surface area contributed by atoms with Crippen molar-refractivity contribution in [3.8, 4) is 5.75 Å². The number of ether oxygens (including phenoxy) is 2. The second-order valence-electron chi connectivity index (χ2n) is 7.76. The fourth-order valence-electron chi connectivity index (χ4n) is 4.08. The summed E-state index contributed by atoms with van der Waals surface area (Å²) in [4.78, 5) is 31.1. The van der Waals surface area contributed by atoms with Crippen molar-refractivity contribution in [3.05, 3.63) is 30.3 Å². The van der Waals surface area contributed by atoms with Crippen LogP contribution in [0.25, 0.3) is 0 Å². The summed E-state index contributed by atoms with van der Waals surface area (Å²) in [6.45, 7) is 8.22. The molecular formula is C22H33N3O4. The van der Waals surface area contributed by atoms with Gasteiger partial charge in [0.25, 0.3) is 5.91 Å². The van der Waals surface area contributed by atoms with Gasteiger partial charge in [-0.2, -0.15) is 0 Å². The van der Waals surface area contributed by atoms with Gasteiger partial charge in [-0.25, -0.2) is 0 Å². The first-order valence-electron chi connectivity index (χ1n) is 10.7. The van der Waals surface area contributed by atoms with Crippen LogP contribution >= 0.6 is 0 Å². The molecule has 0 N–H and O–H groups in total. The zero-order chi connectivity index (χ0) is 20.5. The van der Waals surface area contributed by atoms with E-state index in [-0.39, 0.29) is 24.5 Å². The molecular weight excluding hydrogens is 370 g/mol. The number of carbonyl (C=O) groups is 2. The van der Waals surface area contributed by atoms with Crippen molar-refractivity contribution in [2.45, 2.75) is 32.2 Å². The van der Waals surface area contributed by atoms with Gasteiger partial charge in [0.1, 0.15) is 5.75 Å². The topological polar surface area (TPSA) is 62.3 Å². The average Bonchev–Trinajstić information content (AvgIpc) is 2.76. The summed E-state index contributed by atoms with van der Waals surface area (Å²) < 4.78 is 11.0. The number of para-hydroxylation sites is 1.